The number of carbonyl (C=O) groups is 2. The average molecular weight is 391 g/mol. The molecule has 0 saturated carbocycles. The van der Waals surface area contributed by atoms with Gasteiger partial charge in [0.2, 0.25) is 11.8 Å². The van der Waals surface area contributed by atoms with Crippen LogP contribution in [0.2, 0.25) is 0 Å². The van der Waals surface area contributed by atoms with Crippen molar-refractivity contribution < 1.29 is 9.59 Å². The van der Waals surface area contributed by atoms with Crippen molar-refractivity contribution in [1.82, 2.24) is 21.1 Å². The van der Waals surface area contributed by atoms with Crippen LogP contribution in [0.4, 0.5) is 0 Å². The Morgan fingerprint density at radius 1 is 1.29 bits per heavy atom. The minimum absolute atomic E-state index is 0.0884. The zero-order chi connectivity index (χ0) is 17.9. The molecular formula is C15H26N4O2S3. The second kappa shape index (κ2) is 11.6. The Morgan fingerprint density at radius 2 is 2.04 bits per heavy atom. The quantitative estimate of drug-likeness (QED) is 0.316. The molecule has 2 amide bonds. The van der Waals surface area contributed by atoms with Crippen LogP contribution in [0.15, 0.2) is 0 Å². The van der Waals surface area contributed by atoms with Gasteiger partial charge in [-0.25, -0.2) is 0 Å². The molecule has 136 valence electrons. The van der Waals surface area contributed by atoms with Gasteiger partial charge >= 0.3 is 0 Å². The summed E-state index contributed by atoms with van der Waals surface area (Å²) in [5.74, 6) is 1.06. The van der Waals surface area contributed by atoms with Gasteiger partial charge in [-0.3, -0.25) is 25.3 Å². The van der Waals surface area contributed by atoms with Crippen LogP contribution >= 0.6 is 36.2 Å². The number of rotatable bonds is 9. The Kier molecular flexibility index (Phi) is 10.2. The Labute approximate surface area is 158 Å². The lowest BCUT2D eigenvalue weighted by Gasteiger charge is -2.14. The van der Waals surface area contributed by atoms with Gasteiger partial charge in [0.15, 0.2) is 5.11 Å². The van der Waals surface area contributed by atoms with Gasteiger partial charge in [-0.2, -0.15) is 0 Å². The molecule has 1 saturated heterocycles. The first-order chi connectivity index (χ1) is 11.4. The van der Waals surface area contributed by atoms with Gasteiger partial charge in [0, 0.05) is 19.5 Å². The molecule has 0 aromatic heterocycles. The molecular weight excluding hydrogens is 364 g/mol. The number of nitrogens with one attached hydrogen (secondary N) is 3. The predicted molar refractivity (Wildman–Crippen MR) is 107 cm³/mol. The van der Waals surface area contributed by atoms with E-state index in [2.05, 4.69) is 30.0 Å². The highest BCUT2D eigenvalue weighted by Gasteiger charge is 2.25. The van der Waals surface area contributed by atoms with Gasteiger partial charge in [0.25, 0.3) is 0 Å². The van der Waals surface area contributed by atoms with Crippen LogP contribution in [0.1, 0.15) is 46.0 Å². The summed E-state index contributed by atoms with van der Waals surface area (Å²) in [5, 5.41) is 3.47. The number of hydrogen-bond donors (Lipinski definition) is 3. The van der Waals surface area contributed by atoms with Crippen molar-refractivity contribution in [3.8, 4) is 0 Å². The number of thiocarbonyl (C=S) groups is 2. The fourth-order valence-electron chi connectivity index (χ4n) is 2.04. The Bertz CT molecular complexity index is 456. The fourth-order valence-corrected chi connectivity index (χ4v) is 3.31. The topological polar surface area (TPSA) is 73.5 Å². The van der Waals surface area contributed by atoms with E-state index < -0.39 is 0 Å². The van der Waals surface area contributed by atoms with Crippen LogP contribution in [0.5, 0.6) is 0 Å². The van der Waals surface area contributed by atoms with Crippen molar-refractivity contribution in [1.29, 1.82) is 0 Å². The monoisotopic (exact) mass is 390 g/mol. The first kappa shape index (κ1) is 21.1. The van der Waals surface area contributed by atoms with Crippen LogP contribution in [0.25, 0.3) is 0 Å². The lowest BCUT2D eigenvalue weighted by Crippen LogP contribution is -2.47. The fraction of sp³-hybridized carbons (Fsp3) is 0.733. The smallest absolute Gasteiger partial charge is 0.238 e. The largest absolute Gasteiger partial charge is 0.361 e. The number of hydrogen-bond acceptors (Lipinski definition) is 5. The third-order valence-corrected chi connectivity index (χ3v) is 5.13. The van der Waals surface area contributed by atoms with Gasteiger partial charge < -0.3 is 5.32 Å². The highest BCUT2D eigenvalue weighted by Crippen LogP contribution is 2.19. The van der Waals surface area contributed by atoms with Gasteiger partial charge in [-0.1, -0.05) is 44.2 Å². The van der Waals surface area contributed by atoms with Crippen LogP contribution in [-0.2, 0) is 9.59 Å². The Balaban J connectivity index is 2.01. The van der Waals surface area contributed by atoms with E-state index in [1.165, 1.54) is 11.8 Å². The minimum atomic E-state index is -0.0914. The molecule has 0 radical (unpaired) electrons. The number of thioether (sulfide) groups is 1. The highest BCUT2D eigenvalue weighted by molar-refractivity contribution is 8.23. The molecule has 24 heavy (non-hydrogen) atoms. The maximum Gasteiger partial charge on any atom is 0.238 e. The van der Waals surface area contributed by atoms with Gasteiger partial charge in [0.05, 0.1) is 5.75 Å². The number of unbranched alkanes of at least 4 members (excludes halogenated alkanes) is 2. The number of amides is 2. The number of carbonyl (C=O) groups excluding carboxylic acids is 2. The van der Waals surface area contributed by atoms with Crippen molar-refractivity contribution in [2.75, 3.05) is 18.8 Å². The zero-order valence-electron chi connectivity index (χ0n) is 14.2. The van der Waals surface area contributed by atoms with Crippen molar-refractivity contribution in [2.24, 2.45) is 5.92 Å². The molecule has 0 aromatic carbocycles. The lowest BCUT2D eigenvalue weighted by molar-refractivity contribution is -0.124. The molecule has 0 spiro atoms. The van der Waals surface area contributed by atoms with Crippen LogP contribution in [0, 0.1) is 5.92 Å². The van der Waals surface area contributed by atoms with Gasteiger partial charge in [-0.15, -0.1) is 0 Å². The van der Waals surface area contributed by atoms with Crippen LogP contribution < -0.4 is 16.2 Å². The second-order valence-corrected chi connectivity index (χ2v) is 8.04. The lowest BCUT2D eigenvalue weighted by atomic mass is 10.1. The molecule has 0 atom stereocenters. The molecule has 1 heterocycles. The standard InChI is InChI=1S/C15H26N4O2S3/c1-11(2)7-8-16-14(22)18-17-12(20)6-4-3-5-9-19-13(21)10-24-15(19)23/h11H,3-10H2,1-2H3,(H,17,20)(H2,16,18,22). The molecule has 9 heteroatoms. The molecule has 3 N–H and O–H groups in total. The summed E-state index contributed by atoms with van der Waals surface area (Å²) in [4.78, 5) is 24.9. The summed E-state index contributed by atoms with van der Waals surface area (Å²) >= 11 is 11.6. The molecule has 0 unspecified atom stereocenters. The van der Waals surface area contributed by atoms with E-state index in [-0.39, 0.29) is 11.8 Å². The summed E-state index contributed by atoms with van der Waals surface area (Å²) in [6.07, 6.45) is 3.94. The maximum atomic E-state index is 11.7. The van der Waals surface area contributed by atoms with Crippen molar-refractivity contribution in [3.63, 3.8) is 0 Å². The third-order valence-electron chi connectivity index (χ3n) is 3.45. The van der Waals surface area contributed by atoms with E-state index in [1.54, 1.807) is 4.90 Å². The second-order valence-electron chi connectivity index (χ2n) is 6.02. The Morgan fingerprint density at radius 3 is 2.67 bits per heavy atom. The molecule has 1 aliphatic heterocycles. The normalized spacial score (nSPS) is 14.2. The summed E-state index contributed by atoms with van der Waals surface area (Å²) in [6, 6.07) is 0. The molecule has 0 aliphatic carbocycles. The summed E-state index contributed by atoms with van der Waals surface area (Å²) in [7, 11) is 0. The zero-order valence-corrected chi connectivity index (χ0v) is 16.7. The van der Waals surface area contributed by atoms with Crippen molar-refractivity contribution in [2.45, 2.75) is 46.0 Å². The van der Waals surface area contributed by atoms with Crippen molar-refractivity contribution in [3.05, 3.63) is 0 Å². The van der Waals surface area contributed by atoms with E-state index in [1.807, 2.05) is 0 Å². The van der Waals surface area contributed by atoms with Gasteiger partial charge in [0.1, 0.15) is 4.32 Å². The highest BCUT2D eigenvalue weighted by atomic mass is 32.2. The number of hydrazine groups is 1. The molecule has 1 aliphatic rings. The predicted octanol–water partition coefficient (Wildman–Crippen LogP) is 1.95. The van der Waals surface area contributed by atoms with Crippen LogP contribution in [-0.4, -0.2) is 45.0 Å². The summed E-state index contributed by atoms with van der Waals surface area (Å²) in [6.45, 7) is 5.72. The van der Waals surface area contributed by atoms with E-state index >= 15 is 0 Å². The maximum absolute atomic E-state index is 11.7. The summed E-state index contributed by atoms with van der Waals surface area (Å²) in [5.41, 5.74) is 5.29. The van der Waals surface area contributed by atoms with Crippen LogP contribution in [0.3, 0.4) is 0 Å². The average Bonchev–Trinajstić information content (AvgIpc) is 2.84. The summed E-state index contributed by atoms with van der Waals surface area (Å²) < 4.78 is 0.667. The SMILES string of the molecule is CC(C)CCNC(=S)NNC(=O)CCCCCN1C(=O)CSC1=S. The molecule has 6 nitrogen and oxygen atoms in total. The van der Waals surface area contributed by atoms with Crippen molar-refractivity contribution >= 4 is 57.4 Å². The molecule has 1 fully saturated rings. The minimum Gasteiger partial charge on any atom is -0.361 e. The molecule has 0 aromatic rings. The first-order valence-corrected chi connectivity index (χ1v) is 10.00. The van der Waals surface area contributed by atoms with E-state index in [0.29, 0.717) is 34.1 Å². The van der Waals surface area contributed by atoms with E-state index in [9.17, 15) is 9.59 Å². The molecule has 0 bridgehead atoms. The van der Waals surface area contributed by atoms with E-state index in [0.717, 1.165) is 32.2 Å². The third kappa shape index (κ3) is 8.79. The molecule has 1 rings (SSSR count). The first-order valence-electron chi connectivity index (χ1n) is 8.20. The van der Waals surface area contributed by atoms with E-state index in [4.69, 9.17) is 24.4 Å². The number of nitrogens with zero attached hydrogens (tertiary/aromatic N) is 1. The van der Waals surface area contributed by atoms with Gasteiger partial charge in [-0.05, 0) is 37.4 Å². The Hall–Kier alpha value is -0.930.